The number of nitrogens with one attached hydrogen (secondary N) is 2. The van der Waals surface area contributed by atoms with E-state index in [9.17, 15) is 0 Å². The van der Waals surface area contributed by atoms with Gasteiger partial charge in [0.1, 0.15) is 5.75 Å². The van der Waals surface area contributed by atoms with Crippen molar-refractivity contribution in [3.8, 4) is 5.75 Å². The molecule has 0 aliphatic heterocycles. The van der Waals surface area contributed by atoms with E-state index in [1.54, 1.807) is 14.2 Å². The first-order valence-corrected chi connectivity index (χ1v) is 7.95. The molecule has 22 heavy (non-hydrogen) atoms. The van der Waals surface area contributed by atoms with Crippen molar-refractivity contribution in [2.45, 2.75) is 26.2 Å². The molecule has 1 aromatic rings. The van der Waals surface area contributed by atoms with Crippen LogP contribution in [0.2, 0.25) is 0 Å². The number of hydrogen-bond donors (Lipinski definition) is 2. The van der Waals surface area contributed by atoms with Gasteiger partial charge in [-0.05, 0) is 43.9 Å². The van der Waals surface area contributed by atoms with Crippen LogP contribution in [0.4, 0.5) is 0 Å². The highest BCUT2D eigenvalue weighted by Crippen LogP contribution is 2.11. The molecule has 0 aromatic heterocycles. The summed E-state index contributed by atoms with van der Waals surface area (Å²) in [7, 11) is 3.48. The van der Waals surface area contributed by atoms with Crippen LogP contribution in [-0.4, -0.2) is 46.4 Å². The lowest BCUT2D eigenvalue weighted by Crippen LogP contribution is -2.38. The van der Waals surface area contributed by atoms with Gasteiger partial charge in [0.15, 0.2) is 5.96 Å². The maximum atomic E-state index is 5.31. The number of guanidine groups is 1. The molecular formula is C17H29N3O2. The van der Waals surface area contributed by atoms with Crippen LogP contribution < -0.4 is 15.4 Å². The van der Waals surface area contributed by atoms with Gasteiger partial charge in [-0.25, -0.2) is 0 Å². The normalized spacial score (nSPS) is 11.3. The molecule has 0 fully saturated rings. The third-order valence-corrected chi connectivity index (χ3v) is 3.30. The second kappa shape index (κ2) is 11.9. The molecule has 1 aromatic carbocycles. The summed E-state index contributed by atoms with van der Waals surface area (Å²) in [5, 5.41) is 6.64. The number of ether oxygens (including phenoxy) is 2. The minimum atomic E-state index is 0.794. The summed E-state index contributed by atoms with van der Waals surface area (Å²) in [5.74, 6) is 1.74. The highest BCUT2D eigenvalue weighted by molar-refractivity contribution is 5.79. The topological polar surface area (TPSA) is 54.9 Å². The van der Waals surface area contributed by atoms with Gasteiger partial charge < -0.3 is 20.1 Å². The zero-order valence-electron chi connectivity index (χ0n) is 14.0. The molecule has 124 valence electrons. The van der Waals surface area contributed by atoms with Gasteiger partial charge in [0, 0.05) is 33.4 Å². The maximum absolute atomic E-state index is 5.31. The third-order valence-electron chi connectivity index (χ3n) is 3.30. The van der Waals surface area contributed by atoms with Gasteiger partial charge in [-0.1, -0.05) is 12.1 Å². The Hall–Kier alpha value is -1.75. The van der Waals surface area contributed by atoms with Gasteiger partial charge in [0.2, 0.25) is 0 Å². The van der Waals surface area contributed by atoms with Gasteiger partial charge in [-0.2, -0.15) is 0 Å². The van der Waals surface area contributed by atoms with E-state index in [0.717, 1.165) is 57.3 Å². The molecule has 5 heteroatoms. The smallest absolute Gasteiger partial charge is 0.190 e. The number of hydrogen-bond acceptors (Lipinski definition) is 3. The Kier molecular flexibility index (Phi) is 9.87. The summed E-state index contributed by atoms with van der Waals surface area (Å²) >= 11 is 0. The lowest BCUT2D eigenvalue weighted by atomic mass is 10.1. The quantitative estimate of drug-likeness (QED) is 0.395. The molecule has 0 aliphatic rings. The van der Waals surface area contributed by atoms with Crippen molar-refractivity contribution < 1.29 is 9.47 Å². The Morgan fingerprint density at radius 3 is 2.45 bits per heavy atom. The van der Waals surface area contributed by atoms with E-state index < -0.39 is 0 Å². The molecular weight excluding hydrogens is 278 g/mol. The Morgan fingerprint density at radius 2 is 1.82 bits per heavy atom. The van der Waals surface area contributed by atoms with Crippen LogP contribution in [0, 0.1) is 0 Å². The number of rotatable bonds is 10. The van der Waals surface area contributed by atoms with Crippen LogP contribution in [0.3, 0.4) is 0 Å². The predicted octanol–water partition coefficient (Wildman–Crippen LogP) is 2.22. The molecule has 2 N–H and O–H groups in total. The van der Waals surface area contributed by atoms with Crippen molar-refractivity contribution >= 4 is 5.96 Å². The Bertz CT molecular complexity index is 418. The first kappa shape index (κ1) is 18.3. The van der Waals surface area contributed by atoms with Crippen LogP contribution >= 0.6 is 0 Å². The third kappa shape index (κ3) is 7.88. The summed E-state index contributed by atoms with van der Waals surface area (Å²) in [5.41, 5.74) is 1.28. The largest absolute Gasteiger partial charge is 0.497 e. The molecule has 1 rings (SSSR count). The van der Waals surface area contributed by atoms with E-state index >= 15 is 0 Å². The van der Waals surface area contributed by atoms with Crippen LogP contribution in [0.1, 0.15) is 25.3 Å². The number of benzene rings is 1. The van der Waals surface area contributed by atoms with Crippen molar-refractivity contribution in [3.05, 3.63) is 29.8 Å². The molecule has 0 spiro atoms. The second-order valence-corrected chi connectivity index (χ2v) is 4.93. The number of aliphatic imine (C=N–C) groups is 1. The lowest BCUT2D eigenvalue weighted by Gasteiger charge is -2.12. The molecule has 0 heterocycles. The van der Waals surface area contributed by atoms with E-state index in [2.05, 4.69) is 27.8 Å². The summed E-state index contributed by atoms with van der Waals surface area (Å²) in [6.07, 6.45) is 3.11. The van der Waals surface area contributed by atoms with E-state index in [0.29, 0.717) is 0 Å². The van der Waals surface area contributed by atoms with Crippen molar-refractivity contribution in [1.29, 1.82) is 0 Å². The summed E-state index contributed by atoms with van der Waals surface area (Å²) in [6.45, 7) is 5.41. The average molecular weight is 307 g/mol. The molecule has 0 unspecified atom stereocenters. The first-order chi connectivity index (χ1) is 10.8. The standard InChI is InChI=1S/C17H29N3O2/c1-4-22-14-6-5-12-19-17(18-2)20-13-11-15-7-9-16(21-3)10-8-15/h7-10H,4-6,11-14H2,1-3H3,(H2,18,19,20). The van der Waals surface area contributed by atoms with Crippen molar-refractivity contribution in [2.24, 2.45) is 4.99 Å². The molecule has 5 nitrogen and oxygen atoms in total. The number of unbranched alkanes of at least 4 members (excludes halogenated alkanes) is 1. The van der Waals surface area contributed by atoms with E-state index in [1.165, 1.54) is 5.56 Å². The Morgan fingerprint density at radius 1 is 1.09 bits per heavy atom. The Labute approximate surface area is 134 Å². The first-order valence-electron chi connectivity index (χ1n) is 7.95. The van der Waals surface area contributed by atoms with Gasteiger partial charge in [-0.15, -0.1) is 0 Å². The fourth-order valence-electron chi connectivity index (χ4n) is 2.02. The predicted molar refractivity (Wildman–Crippen MR) is 91.8 cm³/mol. The molecule has 0 saturated heterocycles. The molecule has 0 amide bonds. The average Bonchev–Trinajstić information content (AvgIpc) is 2.57. The highest BCUT2D eigenvalue weighted by atomic mass is 16.5. The van der Waals surface area contributed by atoms with Gasteiger partial charge >= 0.3 is 0 Å². The fraction of sp³-hybridized carbons (Fsp3) is 0.588. The van der Waals surface area contributed by atoms with Gasteiger partial charge in [0.25, 0.3) is 0 Å². The summed E-state index contributed by atoms with van der Waals surface area (Å²) < 4.78 is 10.5. The fourth-order valence-corrected chi connectivity index (χ4v) is 2.02. The number of methoxy groups -OCH3 is 1. The summed E-state index contributed by atoms with van der Waals surface area (Å²) in [6, 6.07) is 8.15. The lowest BCUT2D eigenvalue weighted by molar-refractivity contribution is 0.143. The number of nitrogens with zero attached hydrogens (tertiary/aromatic N) is 1. The van der Waals surface area contributed by atoms with Gasteiger partial charge in [-0.3, -0.25) is 4.99 Å². The highest BCUT2D eigenvalue weighted by Gasteiger charge is 1.98. The van der Waals surface area contributed by atoms with E-state index in [-0.39, 0.29) is 0 Å². The van der Waals surface area contributed by atoms with Crippen LogP contribution in [0.25, 0.3) is 0 Å². The maximum Gasteiger partial charge on any atom is 0.190 e. The minimum absolute atomic E-state index is 0.794. The monoisotopic (exact) mass is 307 g/mol. The molecule has 0 aliphatic carbocycles. The minimum Gasteiger partial charge on any atom is -0.497 e. The molecule has 0 atom stereocenters. The van der Waals surface area contributed by atoms with Crippen molar-refractivity contribution in [1.82, 2.24) is 10.6 Å². The van der Waals surface area contributed by atoms with Crippen molar-refractivity contribution in [3.63, 3.8) is 0 Å². The van der Waals surface area contributed by atoms with Crippen LogP contribution in [0.15, 0.2) is 29.3 Å². The van der Waals surface area contributed by atoms with E-state index in [1.807, 2.05) is 19.1 Å². The second-order valence-electron chi connectivity index (χ2n) is 4.93. The Balaban J connectivity index is 2.15. The molecule has 0 bridgehead atoms. The van der Waals surface area contributed by atoms with Crippen LogP contribution in [-0.2, 0) is 11.2 Å². The zero-order chi connectivity index (χ0) is 16.0. The molecule has 0 saturated carbocycles. The van der Waals surface area contributed by atoms with E-state index in [4.69, 9.17) is 9.47 Å². The SMILES string of the molecule is CCOCCCCNC(=NC)NCCc1ccc(OC)cc1. The molecule has 0 radical (unpaired) electrons. The van der Waals surface area contributed by atoms with Crippen LogP contribution in [0.5, 0.6) is 5.75 Å². The van der Waals surface area contributed by atoms with Gasteiger partial charge in [0.05, 0.1) is 7.11 Å². The summed E-state index contributed by atoms with van der Waals surface area (Å²) in [4.78, 5) is 4.22. The zero-order valence-corrected chi connectivity index (χ0v) is 14.0. The van der Waals surface area contributed by atoms with Crippen molar-refractivity contribution in [2.75, 3.05) is 40.5 Å².